The maximum absolute atomic E-state index is 12.8. The third-order valence-electron chi connectivity index (χ3n) is 6.48. The topological polar surface area (TPSA) is 95.5 Å². The second kappa shape index (κ2) is 9.68. The Labute approximate surface area is 200 Å². The summed E-state index contributed by atoms with van der Waals surface area (Å²) >= 11 is 0. The average molecular weight is 480 g/mol. The number of sulfonamides is 1. The van der Waals surface area contributed by atoms with Crippen LogP contribution in [0.3, 0.4) is 0 Å². The van der Waals surface area contributed by atoms with Crippen LogP contribution in [0.1, 0.15) is 37.7 Å². The number of amides is 1. The average Bonchev–Trinajstić information content (AvgIpc) is 3.58. The van der Waals surface area contributed by atoms with Crippen LogP contribution < -0.4 is 10.2 Å². The molecule has 8 nitrogen and oxygen atoms in total. The molecule has 178 valence electrons. The van der Waals surface area contributed by atoms with Crippen molar-refractivity contribution in [2.75, 3.05) is 36.4 Å². The highest BCUT2D eigenvalue weighted by Crippen LogP contribution is 2.28. The number of para-hydroxylation sites is 2. The molecule has 2 aliphatic heterocycles. The lowest BCUT2D eigenvalue weighted by Gasteiger charge is -2.20. The molecule has 2 aromatic carbocycles. The molecule has 34 heavy (non-hydrogen) atoms. The van der Waals surface area contributed by atoms with E-state index >= 15 is 0 Å². The van der Waals surface area contributed by atoms with Crippen LogP contribution >= 0.6 is 0 Å². The van der Waals surface area contributed by atoms with Gasteiger partial charge in [-0.05, 0) is 61.9 Å². The summed E-state index contributed by atoms with van der Waals surface area (Å²) in [6.07, 6.45) is 4.81. The molecule has 0 unspecified atom stereocenters. The molecule has 1 aromatic heterocycles. The van der Waals surface area contributed by atoms with E-state index in [0.29, 0.717) is 30.2 Å². The minimum Gasteiger partial charge on any atom is -0.354 e. The van der Waals surface area contributed by atoms with Crippen LogP contribution in [0.5, 0.6) is 0 Å². The maximum atomic E-state index is 12.8. The van der Waals surface area contributed by atoms with Crippen LogP contribution in [0.2, 0.25) is 0 Å². The van der Waals surface area contributed by atoms with Gasteiger partial charge in [0.15, 0.2) is 11.6 Å². The van der Waals surface area contributed by atoms with Crippen LogP contribution in [-0.4, -0.2) is 54.8 Å². The molecule has 0 aliphatic carbocycles. The van der Waals surface area contributed by atoms with Crippen molar-refractivity contribution in [3.8, 4) is 0 Å². The molecule has 0 bridgehead atoms. The Bertz CT molecular complexity index is 1280. The molecular weight excluding hydrogens is 450 g/mol. The van der Waals surface area contributed by atoms with Crippen molar-refractivity contribution in [1.29, 1.82) is 0 Å². The molecule has 1 N–H and O–H groups in total. The minimum absolute atomic E-state index is 0.140. The fraction of sp³-hybridized carbons (Fsp3) is 0.400. The number of carbonyl (C=O) groups excluding carboxylic acids is 1. The van der Waals surface area contributed by atoms with Gasteiger partial charge >= 0.3 is 0 Å². The number of nitrogens with zero attached hydrogens (tertiary/aromatic N) is 4. The predicted molar refractivity (Wildman–Crippen MR) is 132 cm³/mol. The first-order chi connectivity index (χ1) is 16.5. The summed E-state index contributed by atoms with van der Waals surface area (Å²) in [6, 6.07) is 14.5. The normalized spacial score (nSPS) is 16.9. The number of hydrogen-bond acceptors (Lipinski definition) is 6. The second-order valence-corrected chi connectivity index (χ2v) is 10.8. The molecule has 5 rings (SSSR count). The number of aromatic nitrogens is 2. The van der Waals surface area contributed by atoms with E-state index in [2.05, 4.69) is 15.2 Å². The lowest BCUT2D eigenvalue weighted by molar-refractivity contribution is -0.116. The summed E-state index contributed by atoms with van der Waals surface area (Å²) in [5.41, 5.74) is 2.47. The Hall–Kier alpha value is -3.04. The number of aryl methyl sites for hydroxylation is 1. The third kappa shape index (κ3) is 4.76. The Morgan fingerprint density at radius 2 is 1.47 bits per heavy atom. The fourth-order valence-corrected chi connectivity index (χ4v) is 6.10. The van der Waals surface area contributed by atoms with Gasteiger partial charge in [-0.15, -0.1) is 0 Å². The van der Waals surface area contributed by atoms with Gasteiger partial charge in [-0.2, -0.15) is 4.31 Å². The van der Waals surface area contributed by atoms with Gasteiger partial charge in [-0.25, -0.2) is 18.4 Å². The number of nitrogens with one attached hydrogen (secondary N) is 1. The van der Waals surface area contributed by atoms with E-state index in [0.717, 1.165) is 61.2 Å². The largest absolute Gasteiger partial charge is 0.354 e. The van der Waals surface area contributed by atoms with Crippen LogP contribution in [-0.2, 0) is 21.2 Å². The maximum Gasteiger partial charge on any atom is 0.243 e. The summed E-state index contributed by atoms with van der Waals surface area (Å²) in [5.74, 6) is 1.08. The fourth-order valence-electron chi connectivity index (χ4n) is 4.58. The first-order valence-electron chi connectivity index (χ1n) is 11.9. The van der Waals surface area contributed by atoms with E-state index in [1.807, 2.05) is 24.3 Å². The van der Waals surface area contributed by atoms with Crippen molar-refractivity contribution in [2.24, 2.45) is 0 Å². The molecule has 0 spiro atoms. The Morgan fingerprint density at radius 1 is 0.853 bits per heavy atom. The van der Waals surface area contributed by atoms with E-state index in [1.54, 1.807) is 24.3 Å². The van der Waals surface area contributed by atoms with Gasteiger partial charge in [0.25, 0.3) is 0 Å². The highest BCUT2D eigenvalue weighted by Gasteiger charge is 2.27. The van der Waals surface area contributed by atoms with Crippen molar-refractivity contribution in [3.63, 3.8) is 0 Å². The monoisotopic (exact) mass is 479 g/mol. The first kappa shape index (κ1) is 22.7. The second-order valence-electron chi connectivity index (χ2n) is 8.88. The van der Waals surface area contributed by atoms with Crippen molar-refractivity contribution in [3.05, 3.63) is 54.1 Å². The number of hydrogen-bond donors (Lipinski definition) is 1. The number of benzene rings is 2. The van der Waals surface area contributed by atoms with Crippen LogP contribution in [0.25, 0.3) is 11.0 Å². The molecular formula is C25H29N5O3S. The van der Waals surface area contributed by atoms with E-state index < -0.39 is 10.0 Å². The van der Waals surface area contributed by atoms with Gasteiger partial charge in [0, 0.05) is 32.6 Å². The highest BCUT2D eigenvalue weighted by molar-refractivity contribution is 7.89. The molecule has 2 saturated heterocycles. The van der Waals surface area contributed by atoms with Gasteiger partial charge in [-0.1, -0.05) is 24.3 Å². The zero-order valence-corrected chi connectivity index (χ0v) is 19.9. The zero-order chi connectivity index (χ0) is 23.5. The molecule has 2 aliphatic rings. The van der Waals surface area contributed by atoms with Gasteiger partial charge < -0.3 is 10.2 Å². The van der Waals surface area contributed by atoms with Gasteiger partial charge in [0.05, 0.1) is 15.9 Å². The molecule has 1 amide bonds. The Kier molecular flexibility index (Phi) is 6.47. The Morgan fingerprint density at radius 3 is 2.15 bits per heavy atom. The van der Waals surface area contributed by atoms with E-state index in [4.69, 9.17) is 4.98 Å². The number of anilines is 2. The van der Waals surface area contributed by atoms with Gasteiger partial charge in [0.1, 0.15) is 0 Å². The van der Waals surface area contributed by atoms with Crippen LogP contribution in [0, 0.1) is 0 Å². The molecule has 0 atom stereocenters. The number of carbonyl (C=O) groups is 1. The minimum atomic E-state index is -3.42. The molecule has 3 heterocycles. The van der Waals surface area contributed by atoms with Crippen molar-refractivity contribution in [2.45, 2.75) is 43.4 Å². The molecule has 0 saturated carbocycles. The molecule has 0 radical (unpaired) electrons. The van der Waals surface area contributed by atoms with Crippen LogP contribution in [0.15, 0.2) is 53.4 Å². The van der Waals surface area contributed by atoms with Crippen molar-refractivity contribution in [1.82, 2.24) is 14.3 Å². The smallest absolute Gasteiger partial charge is 0.243 e. The molecule has 9 heteroatoms. The lowest BCUT2D eigenvalue weighted by atomic mass is 10.1. The lowest BCUT2D eigenvalue weighted by Crippen LogP contribution is -2.27. The molecule has 3 aromatic rings. The standard InChI is InChI=1S/C25H29N5O3S/c31-23(14-11-19-9-12-20(13-10-19)34(32,33)30-17-5-6-18-30)28-24-25(29-15-3-4-16-29)27-22-8-2-1-7-21(22)26-24/h1-2,7-10,12-13H,3-6,11,14-18H2,(H,26,28,31). The summed E-state index contributed by atoms with van der Waals surface area (Å²) < 4.78 is 26.9. The predicted octanol–water partition coefficient (Wildman–Crippen LogP) is 3.59. The summed E-state index contributed by atoms with van der Waals surface area (Å²) in [4.78, 5) is 24.7. The quantitative estimate of drug-likeness (QED) is 0.557. The van der Waals surface area contributed by atoms with Crippen molar-refractivity contribution < 1.29 is 13.2 Å². The van der Waals surface area contributed by atoms with E-state index in [-0.39, 0.29) is 12.3 Å². The zero-order valence-electron chi connectivity index (χ0n) is 19.1. The van der Waals surface area contributed by atoms with Gasteiger partial charge in [-0.3, -0.25) is 4.79 Å². The number of rotatable bonds is 7. The Balaban J connectivity index is 1.26. The van der Waals surface area contributed by atoms with Crippen molar-refractivity contribution >= 4 is 38.6 Å². The third-order valence-corrected chi connectivity index (χ3v) is 8.40. The van der Waals surface area contributed by atoms with E-state index in [1.165, 1.54) is 4.31 Å². The summed E-state index contributed by atoms with van der Waals surface area (Å²) in [5, 5.41) is 2.97. The number of fused-ring (bicyclic) bond motifs is 1. The van der Waals surface area contributed by atoms with Crippen LogP contribution in [0.4, 0.5) is 11.6 Å². The summed E-state index contributed by atoms with van der Waals surface area (Å²) in [7, 11) is -3.42. The highest BCUT2D eigenvalue weighted by atomic mass is 32.2. The first-order valence-corrected chi connectivity index (χ1v) is 13.4. The SMILES string of the molecule is O=C(CCc1ccc(S(=O)(=O)N2CCCC2)cc1)Nc1nc2ccccc2nc1N1CCCC1. The van der Waals surface area contributed by atoms with Gasteiger partial charge in [0.2, 0.25) is 15.9 Å². The molecule has 2 fully saturated rings. The van der Waals surface area contributed by atoms with E-state index in [9.17, 15) is 13.2 Å². The summed E-state index contributed by atoms with van der Waals surface area (Å²) in [6.45, 7) is 2.98.